The van der Waals surface area contributed by atoms with Crippen molar-refractivity contribution in [2.45, 2.75) is 13.3 Å². The van der Waals surface area contributed by atoms with E-state index < -0.39 is 0 Å². The number of aromatic nitrogens is 1. The lowest BCUT2D eigenvalue weighted by Gasteiger charge is -2.10. The van der Waals surface area contributed by atoms with Gasteiger partial charge in [0.15, 0.2) is 0 Å². The maximum Gasteiger partial charge on any atom is 0.230 e. The molecule has 0 unspecified atom stereocenters. The normalized spacial score (nSPS) is 10.5. The Hall–Kier alpha value is -2.37. The molecule has 0 saturated carbocycles. The molecule has 0 aliphatic rings. The first-order chi connectivity index (χ1) is 12.2. The van der Waals surface area contributed by atoms with Crippen LogP contribution in [0.3, 0.4) is 0 Å². The van der Waals surface area contributed by atoms with Crippen molar-refractivity contribution in [1.29, 1.82) is 0 Å². The Morgan fingerprint density at radius 2 is 2.08 bits per heavy atom. The van der Waals surface area contributed by atoms with Crippen molar-refractivity contribution in [3.8, 4) is 16.3 Å². The zero-order valence-electron chi connectivity index (χ0n) is 13.7. The minimum atomic E-state index is -0.130. The molecule has 1 aromatic heterocycles. The molecule has 1 N–H and O–H groups in total. The van der Waals surface area contributed by atoms with Crippen molar-refractivity contribution >= 4 is 34.5 Å². The number of thiazole rings is 1. The molecular formula is C19H17ClN2O2S. The molecule has 3 aromatic rings. The zero-order valence-corrected chi connectivity index (χ0v) is 15.2. The molecule has 0 atom stereocenters. The number of para-hydroxylation sites is 2. The number of ether oxygens (including phenoxy) is 1. The van der Waals surface area contributed by atoms with Crippen LogP contribution in [0.2, 0.25) is 5.02 Å². The Bertz CT molecular complexity index is 879. The Balaban J connectivity index is 1.68. The fourth-order valence-corrected chi connectivity index (χ4v) is 3.36. The van der Waals surface area contributed by atoms with Crippen LogP contribution >= 0.6 is 22.9 Å². The summed E-state index contributed by atoms with van der Waals surface area (Å²) >= 11 is 7.51. The number of anilines is 1. The van der Waals surface area contributed by atoms with E-state index in [2.05, 4.69) is 10.3 Å². The summed E-state index contributed by atoms with van der Waals surface area (Å²) in [4.78, 5) is 16.8. The molecule has 3 rings (SSSR count). The van der Waals surface area contributed by atoms with Crippen LogP contribution in [0.5, 0.6) is 5.75 Å². The molecule has 25 heavy (non-hydrogen) atoms. The maximum absolute atomic E-state index is 12.3. The highest BCUT2D eigenvalue weighted by molar-refractivity contribution is 7.13. The Morgan fingerprint density at radius 3 is 2.88 bits per heavy atom. The highest BCUT2D eigenvalue weighted by Crippen LogP contribution is 2.27. The van der Waals surface area contributed by atoms with Gasteiger partial charge in [-0.15, -0.1) is 11.3 Å². The van der Waals surface area contributed by atoms with Crippen molar-refractivity contribution in [3.63, 3.8) is 0 Å². The lowest BCUT2D eigenvalue weighted by Crippen LogP contribution is -2.15. The molecule has 0 bridgehead atoms. The van der Waals surface area contributed by atoms with Gasteiger partial charge >= 0.3 is 0 Å². The summed E-state index contributed by atoms with van der Waals surface area (Å²) in [5, 5.41) is 6.29. The summed E-state index contributed by atoms with van der Waals surface area (Å²) in [6, 6.07) is 14.9. The monoisotopic (exact) mass is 372 g/mol. The average molecular weight is 373 g/mol. The number of hydrogen-bond acceptors (Lipinski definition) is 4. The first-order valence-electron chi connectivity index (χ1n) is 7.87. The highest BCUT2D eigenvalue weighted by Gasteiger charge is 2.11. The quantitative estimate of drug-likeness (QED) is 0.659. The number of amides is 1. The predicted molar refractivity (Wildman–Crippen MR) is 103 cm³/mol. The number of nitrogens with zero attached hydrogens (tertiary/aromatic N) is 1. The number of benzene rings is 2. The molecule has 2 aromatic carbocycles. The molecule has 0 aliphatic heterocycles. The third-order valence-electron chi connectivity index (χ3n) is 3.43. The van der Waals surface area contributed by atoms with Gasteiger partial charge in [-0.05, 0) is 31.2 Å². The third kappa shape index (κ3) is 4.59. The lowest BCUT2D eigenvalue weighted by atomic mass is 10.2. The first kappa shape index (κ1) is 17.5. The van der Waals surface area contributed by atoms with Gasteiger partial charge in [0.25, 0.3) is 0 Å². The van der Waals surface area contributed by atoms with Crippen LogP contribution in [0.1, 0.15) is 12.6 Å². The van der Waals surface area contributed by atoms with Crippen LogP contribution in [-0.2, 0) is 11.2 Å². The van der Waals surface area contributed by atoms with E-state index in [-0.39, 0.29) is 12.3 Å². The van der Waals surface area contributed by atoms with E-state index in [1.54, 1.807) is 0 Å². The van der Waals surface area contributed by atoms with E-state index >= 15 is 0 Å². The second-order valence-corrected chi connectivity index (χ2v) is 6.60. The van der Waals surface area contributed by atoms with Crippen LogP contribution in [0, 0.1) is 0 Å². The molecule has 0 fully saturated rings. The number of carbonyl (C=O) groups excluding carboxylic acids is 1. The predicted octanol–water partition coefficient (Wildman–Crippen LogP) is 5.04. The zero-order chi connectivity index (χ0) is 17.6. The summed E-state index contributed by atoms with van der Waals surface area (Å²) < 4.78 is 5.52. The SMILES string of the molecule is CCOc1ccccc1NC(=O)Cc1csc(-c2cccc(Cl)c2)n1. The number of rotatable bonds is 6. The van der Waals surface area contributed by atoms with Crippen molar-refractivity contribution in [2.75, 3.05) is 11.9 Å². The van der Waals surface area contributed by atoms with Crippen molar-refractivity contribution < 1.29 is 9.53 Å². The van der Waals surface area contributed by atoms with Crippen LogP contribution < -0.4 is 10.1 Å². The smallest absolute Gasteiger partial charge is 0.230 e. The number of nitrogens with one attached hydrogen (secondary N) is 1. The largest absolute Gasteiger partial charge is 0.492 e. The fourth-order valence-electron chi connectivity index (χ4n) is 2.35. The summed E-state index contributed by atoms with van der Waals surface area (Å²) in [6.45, 7) is 2.45. The second-order valence-electron chi connectivity index (χ2n) is 5.31. The molecular weight excluding hydrogens is 356 g/mol. The molecule has 0 aliphatic carbocycles. The van der Waals surface area contributed by atoms with Gasteiger partial charge in [-0.1, -0.05) is 35.9 Å². The molecule has 0 spiro atoms. The molecule has 1 heterocycles. The Morgan fingerprint density at radius 1 is 1.24 bits per heavy atom. The topological polar surface area (TPSA) is 51.2 Å². The fraction of sp³-hybridized carbons (Fsp3) is 0.158. The van der Waals surface area contributed by atoms with Crippen LogP contribution in [-0.4, -0.2) is 17.5 Å². The van der Waals surface area contributed by atoms with Crippen molar-refractivity contribution in [1.82, 2.24) is 4.98 Å². The summed E-state index contributed by atoms with van der Waals surface area (Å²) in [6.07, 6.45) is 0.206. The average Bonchev–Trinajstić information content (AvgIpc) is 3.05. The lowest BCUT2D eigenvalue weighted by molar-refractivity contribution is -0.115. The molecule has 6 heteroatoms. The molecule has 0 saturated heterocycles. The molecule has 0 radical (unpaired) electrons. The summed E-state index contributed by atoms with van der Waals surface area (Å²) in [7, 11) is 0. The van der Waals surface area contributed by atoms with Crippen LogP contribution in [0.15, 0.2) is 53.9 Å². The third-order valence-corrected chi connectivity index (χ3v) is 4.60. The van der Waals surface area contributed by atoms with Gasteiger partial charge in [0.1, 0.15) is 10.8 Å². The van der Waals surface area contributed by atoms with Gasteiger partial charge < -0.3 is 10.1 Å². The van der Waals surface area contributed by atoms with E-state index in [1.165, 1.54) is 11.3 Å². The van der Waals surface area contributed by atoms with Crippen LogP contribution in [0.4, 0.5) is 5.69 Å². The molecule has 4 nitrogen and oxygen atoms in total. The Kier molecular flexibility index (Phi) is 5.68. The van der Waals surface area contributed by atoms with E-state index in [0.29, 0.717) is 23.1 Å². The van der Waals surface area contributed by atoms with Gasteiger partial charge in [0.2, 0.25) is 5.91 Å². The van der Waals surface area contributed by atoms with E-state index in [1.807, 2.05) is 60.8 Å². The molecule has 128 valence electrons. The Labute approximate surface area is 155 Å². The number of carbonyl (C=O) groups is 1. The van der Waals surface area contributed by atoms with E-state index in [4.69, 9.17) is 16.3 Å². The maximum atomic E-state index is 12.3. The van der Waals surface area contributed by atoms with Gasteiger partial charge in [-0.25, -0.2) is 4.98 Å². The van der Waals surface area contributed by atoms with Gasteiger partial charge in [0.05, 0.1) is 24.4 Å². The summed E-state index contributed by atoms with van der Waals surface area (Å²) in [5.41, 5.74) is 2.34. The van der Waals surface area contributed by atoms with Crippen molar-refractivity contribution in [2.24, 2.45) is 0 Å². The number of hydrogen-bond donors (Lipinski definition) is 1. The second kappa shape index (κ2) is 8.14. The summed E-state index contributed by atoms with van der Waals surface area (Å²) in [5.74, 6) is 0.534. The minimum Gasteiger partial charge on any atom is -0.492 e. The van der Waals surface area contributed by atoms with Gasteiger partial charge in [-0.2, -0.15) is 0 Å². The van der Waals surface area contributed by atoms with Gasteiger partial charge in [0, 0.05) is 16.0 Å². The van der Waals surface area contributed by atoms with Crippen molar-refractivity contribution in [3.05, 3.63) is 64.6 Å². The van der Waals surface area contributed by atoms with E-state index in [0.717, 1.165) is 16.3 Å². The standard InChI is InChI=1S/C19H17ClN2O2S/c1-2-24-17-9-4-3-8-16(17)22-18(23)11-15-12-25-19(21-15)13-6-5-7-14(20)10-13/h3-10,12H,2,11H2,1H3,(H,22,23). The minimum absolute atomic E-state index is 0.130. The van der Waals surface area contributed by atoms with Crippen LogP contribution in [0.25, 0.3) is 10.6 Å². The van der Waals surface area contributed by atoms with Gasteiger partial charge in [-0.3, -0.25) is 4.79 Å². The number of halogens is 1. The highest BCUT2D eigenvalue weighted by atomic mass is 35.5. The van der Waals surface area contributed by atoms with E-state index in [9.17, 15) is 4.79 Å². The first-order valence-corrected chi connectivity index (χ1v) is 9.13. The molecule has 1 amide bonds.